The number of phenolic OH excluding ortho intramolecular Hbond substituents is 1. The van der Waals surface area contributed by atoms with Crippen LogP contribution in [0.3, 0.4) is 0 Å². The lowest BCUT2D eigenvalue weighted by atomic mass is 9.95. The van der Waals surface area contributed by atoms with E-state index in [2.05, 4.69) is 0 Å². The lowest BCUT2D eigenvalue weighted by Crippen LogP contribution is -2.30. The second-order valence-corrected chi connectivity index (χ2v) is 7.62. The van der Waals surface area contributed by atoms with Crippen LogP contribution in [0.5, 0.6) is 11.5 Å². The normalized spacial score (nSPS) is 16.0. The molecule has 1 atom stereocenters. The molecule has 1 amide bonds. The average molecular weight is 441 g/mol. The van der Waals surface area contributed by atoms with Crippen LogP contribution in [-0.4, -0.2) is 33.9 Å². The van der Waals surface area contributed by atoms with Crippen molar-refractivity contribution in [1.29, 1.82) is 0 Å². The van der Waals surface area contributed by atoms with E-state index in [-0.39, 0.29) is 23.6 Å². The Morgan fingerprint density at radius 2 is 1.67 bits per heavy atom. The van der Waals surface area contributed by atoms with Gasteiger partial charge in [-0.2, -0.15) is 0 Å². The smallest absolute Gasteiger partial charge is 0.290 e. The van der Waals surface area contributed by atoms with Crippen LogP contribution in [0.2, 0.25) is 0 Å². The number of phenols is 1. The number of allylic oxidation sites excluding steroid dienone is 1. The molecular formula is C27H23NO5. The Kier molecular flexibility index (Phi) is 6.26. The molecule has 6 heteroatoms. The van der Waals surface area contributed by atoms with Gasteiger partial charge >= 0.3 is 0 Å². The largest absolute Gasteiger partial charge is 0.504 e. The zero-order chi connectivity index (χ0) is 23.4. The molecule has 1 unspecified atom stereocenters. The molecule has 1 aliphatic heterocycles. The number of amides is 1. The molecule has 0 spiro atoms. The Hall–Kier alpha value is -4.32. The molecule has 0 aliphatic carbocycles. The van der Waals surface area contributed by atoms with Gasteiger partial charge in [-0.3, -0.25) is 9.59 Å². The number of carbonyl (C=O) groups excluding carboxylic acids is 2. The fraction of sp³-hybridized carbons (Fsp3) is 0.111. The first-order valence-electron chi connectivity index (χ1n) is 10.4. The number of benzene rings is 3. The lowest BCUT2D eigenvalue weighted by Gasteiger charge is -2.27. The maximum absolute atomic E-state index is 13.2. The molecule has 3 aromatic carbocycles. The van der Waals surface area contributed by atoms with Crippen molar-refractivity contribution in [2.45, 2.75) is 12.6 Å². The van der Waals surface area contributed by atoms with E-state index in [1.54, 1.807) is 18.2 Å². The highest BCUT2D eigenvalue weighted by Crippen LogP contribution is 2.41. The number of aliphatic hydroxyl groups excluding tert-OH is 1. The molecule has 1 aliphatic rings. The Morgan fingerprint density at radius 1 is 1.00 bits per heavy atom. The number of hydrogen-bond acceptors (Lipinski definition) is 5. The summed E-state index contributed by atoms with van der Waals surface area (Å²) in [7, 11) is 1.42. The van der Waals surface area contributed by atoms with Gasteiger partial charge in [0.25, 0.3) is 5.91 Å². The number of nitrogens with zero attached hydrogens (tertiary/aromatic N) is 1. The summed E-state index contributed by atoms with van der Waals surface area (Å²) in [6, 6.07) is 22.4. The van der Waals surface area contributed by atoms with Crippen molar-refractivity contribution in [3.05, 3.63) is 113 Å². The second-order valence-electron chi connectivity index (χ2n) is 7.62. The van der Waals surface area contributed by atoms with Gasteiger partial charge in [0.05, 0.1) is 18.7 Å². The van der Waals surface area contributed by atoms with Crippen molar-refractivity contribution in [2.75, 3.05) is 7.11 Å². The minimum absolute atomic E-state index is 0.0177. The standard InChI is InChI=1S/C27H23NO5/c1-33-23-16-20(13-15-21(23)29)25-24(22(30)14-12-18-8-4-2-5-9-18)26(31)27(32)28(25)17-19-10-6-3-7-11-19/h2-16,25,29,31H,17H2,1H3. The molecule has 6 nitrogen and oxygen atoms in total. The fourth-order valence-corrected chi connectivity index (χ4v) is 3.89. The quantitative estimate of drug-likeness (QED) is 0.524. The second kappa shape index (κ2) is 9.44. The first-order chi connectivity index (χ1) is 16.0. The summed E-state index contributed by atoms with van der Waals surface area (Å²) in [6.07, 6.45) is 2.99. The van der Waals surface area contributed by atoms with E-state index in [1.165, 1.54) is 24.2 Å². The number of rotatable bonds is 7. The summed E-state index contributed by atoms with van der Waals surface area (Å²) >= 11 is 0. The van der Waals surface area contributed by atoms with Gasteiger partial charge in [0.15, 0.2) is 23.0 Å². The molecule has 3 aromatic rings. The number of aromatic hydroxyl groups is 1. The Morgan fingerprint density at radius 3 is 2.33 bits per heavy atom. The van der Waals surface area contributed by atoms with Crippen LogP contribution in [-0.2, 0) is 16.1 Å². The van der Waals surface area contributed by atoms with Crippen LogP contribution in [0, 0.1) is 0 Å². The predicted octanol–water partition coefficient (Wildman–Crippen LogP) is 4.58. The molecular weight excluding hydrogens is 418 g/mol. The van der Waals surface area contributed by atoms with Crippen molar-refractivity contribution in [3.8, 4) is 11.5 Å². The van der Waals surface area contributed by atoms with Crippen molar-refractivity contribution in [3.63, 3.8) is 0 Å². The lowest BCUT2D eigenvalue weighted by molar-refractivity contribution is -0.130. The molecule has 4 rings (SSSR count). The van der Waals surface area contributed by atoms with Gasteiger partial charge < -0.3 is 19.8 Å². The molecule has 1 heterocycles. The van der Waals surface area contributed by atoms with Gasteiger partial charge in [0.2, 0.25) is 0 Å². The van der Waals surface area contributed by atoms with Gasteiger partial charge in [0, 0.05) is 6.54 Å². The van der Waals surface area contributed by atoms with Crippen molar-refractivity contribution >= 4 is 17.8 Å². The maximum Gasteiger partial charge on any atom is 0.290 e. The summed E-state index contributed by atoms with van der Waals surface area (Å²) < 4.78 is 5.22. The molecule has 166 valence electrons. The first kappa shape index (κ1) is 21.9. The van der Waals surface area contributed by atoms with E-state index in [9.17, 15) is 19.8 Å². The average Bonchev–Trinajstić information content (AvgIpc) is 3.09. The fourth-order valence-electron chi connectivity index (χ4n) is 3.89. The predicted molar refractivity (Wildman–Crippen MR) is 125 cm³/mol. The first-order valence-corrected chi connectivity index (χ1v) is 10.4. The van der Waals surface area contributed by atoms with E-state index < -0.39 is 23.5 Å². The van der Waals surface area contributed by atoms with Crippen molar-refractivity contribution in [1.82, 2.24) is 4.90 Å². The third-order valence-electron chi connectivity index (χ3n) is 5.51. The molecule has 0 bridgehead atoms. The molecule has 0 aromatic heterocycles. The van der Waals surface area contributed by atoms with Crippen LogP contribution in [0.1, 0.15) is 22.7 Å². The molecule has 0 saturated carbocycles. The van der Waals surface area contributed by atoms with Gasteiger partial charge in [-0.25, -0.2) is 0 Å². The van der Waals surface area contributed by atoms with Crippen LogP contribution in [0.15, 0.2) is 96.3 Å². The van der Waals surface area contributed by atoms with Crippen molar-refractivity contribution in [2.24, 2.45) is 0 Å². The van der Waals surface area contributed by atoms with Crippen LogP contribution in [0.25, 0.3) is 6.08 Å². The Bertz CT molecular complexity index is 1230. The highest BCUT2D eigenvalue weighted by molar-refractivity contribution is 6.14. The van der Waals surface area contributed by atoms with Gasteiger partial charge in [-0.05, 0) is 34.9 Å². The van der Waals surface area contributed by atoms with Crippen LogP contribution in [0.4, 0.5) is 0 Å². The summed E-state index contributed by atoms with van der Waals surface area (Å²) in [5, 5.41) is 20.8. The third-order valence-corrected chi connectivity index (χ3v) is 5.51. The van der Waals surface area contributed by atoms with Crippen LogP contribution < -0.4 is 4.74 Å². The number of carbonyl (C=O) groups is 2. The molecule has 0 radical (unpaired) electrons. The van der Waals surface area contributed by atoms with E-state index in [0.29, 0.717) is 5.56 Å². The Labute approximate surface area is 191 Å². The van der Waals surface area contributed by atoms with E-state index in [0.717, 1.165) is 11.1 Å². The van der Waals surface area contributed by atoms with E-state index in [1.807, 2.05) is 60.7 Å². The third kappa shape index (κ3) is 4.50. The molecule has 0 saturated heterocycles. The zero-order valence-corrected chi connectivity index (χ0v) is 18.0. The zero-order valence-electron chi connectivity index (χ0n) is 18.0. The number of ether oxygens (including phenoxy) is 1. The SMILES string of the molecule is COc1cc(C2C(C(=O)C=Cc3ccccc3)=C(O)C(=O)N2Cc2ccccc2)ccc1O. The molecule has 0 fully saturated rings. The van der Waals surface area contributed by atoms with Crippen LogP contribution >= 0.6 is 0 Å². The van der Waals surface area contributed by atoms with Gasteiger partial charge in [-0.15, -0.1) is 0 Å². The van der Waals surface area contributed by atoms with Gasteiger partial charge in [0.1, 0.15) is 0 Å². The monoisotopic (exact) mass is 441 g/mol. The highest BCUT2D eigenvalue weighted by atomic mass is 16.5. The number of methoxy groups -OCH3 is 1. The number of hydrogen-bond donors (Lipinski definition) is 2. The number of ketones is 1. The highest BCUT2D eigenvalue weighted by Gasteiger charge is 2.43. The van der Waals surface area contributed by atoms with Crippen molar-refractivity contribution < 1.29 is 24.5 Å². The topological polar surface area (TPSA) is 87.1 Å². The summed E-state index contributed by atoms with van der Waals surface area (Å²) in [5.41, 5.74) is 2.19. The summed E-state index contributed by atoms with van der Waals surface area (Å²) in [6.45, 7) is 0.191. The van der Waals surface area contributed by atoms with Gasteiger partial charge in [-0.1, -0.05) is 72.8 Å². The minimum Gasteiger partial charge on any atom is -0.504 e. The van der Waals surface area contributed by atoms with E-state index >= 15 is 0 Å². The maximum atomic E-state index is 13.2. The molecule has 33 heavy (non-hydrogen) atoms. The summed E-state index contributed by atoms with van der Waals surface area (Å²) in [4.78, 5) is 27.7. The Balaban J connectivity index is 1.76. The minimum atomic E-state index is -0.847. The van der Waals surface area contributed by atoms with E-state index in [4.69, 9.17) is 4.74 Å². The number of aliphatic hydroxyl groups is 1. The molecule has 2 N–H and O–H groups in total. The summed E-state index contributed by atoms with van der Waals surface area (Å²) in [5.74, 6) is -1.54.